The molecule has 0 bridgehead atoms. The van der Waals surface area contributed by atoms with Gasteiger partial charge in [-0.3, -0.25) is 0 Å². The van der Waals surface area contributed by atoms with E-state index in [1.165, 1.54) is 42.4 Å². The lowest BCUT2D eigenvalue weighted by molar-refractivity contribution is 0.655. The molecule has 180 valence electrons. The van der Waals surface area contributed by atoms with Gasteiger partial charge in [0.2, 0.25) is 5.71 Å². The van der Waals surface area contributed by atoms with Gasteiger partial charge in [-0.15, -0.1) is 11.3 Å². The summed E-state index contributed by atoms with van der Waals surface area (Å²) in [4.78, 5) is 9.58. The first-order valence-corrected chi connectivity index (χ1v) is 13.7. The maximum absolute atomic E-state index is 6.07. The number of benzene rings is 5. The number of thiophene rings is 1. The fraction of sp³-hybridized carbons (Fsp3) is 0.0588. The predicted molar refractivity (Wildman–Crippen MR) is 160 cm³/mol. The highest BCUT2D eigenvalue weighted by Gasteiger charge is 2.15. The number of aromatic nitrogens is 2. The van der Waals surface area contributed by atoms with Crippen molar-refractivity contribution in [3.05, 3.63) is 109 Å². The van der Waals surface area contributed by atoms with Crippen LogP contribution < -0.4 is 0 Å². The normalized spacial score (nSPS) is 11.9. The minimum Gasteiger partial charge on any atom is -0.436 e. The van der Waals surface area contributed by atoms with Gasteiger partial charge in [-0.2, -0.15) is 0 Å². The zero-order valence-electron chi connectivity index (χ0n) is 20.7. The maximum atomic E-state index is 6.07. The number of para-hydroxylation sites is 2. The van der Waals surface area contributed by atoms with Crippen molar-refractivity contribution in [1.29, 1.82) is 0 Å². The first kappa shape index (κ1) is 21.5. The molecule has 8 rings (SSSR count). The van der Waals surface area contributed by atoms with Gasteiger partial charge >= 0.3 is 0 Å². The number of furan rings is 1. The molecule has 3 aromatic heterocycles. The van der Waals surface area contributed by atoms with E-state index in [0.717, 1.165) is 39.5 Å². The molecule has 0 atom stereocenters. The molecular formula is C34H22N2OS. The van der Waals surface area contributed by atoms with E-state index >= 15 is 0 Å². The van der Waals surface area contributed by atoms with Crippen LogP contribution in [0.1, 0.15) is 12.5 Å². The topological polar surface area (TPSA) is 38.9 Å². The lowest BCUT2D eigenvalue weighted by Crippen LogP contribution is -1.84. The molecule has 0 aliphatic carbocycles. The number of aryl methyl sites for hydroxylation is 1. The Balaban J connectivity index is 1.29. The van der Waals surface area contributed by atoms with E-state index in [1.807, 2.05) is 41.7 Å². The van der Waals surface area contributed by atoms with Crippen LogP contribution in [0.3, 0.4) is 0 Å². The summed E-state index contributed by atoms with van der Waals surface area (Å²) >= 11 is 1.91. The maximum Gasteiger partial charge on any atom is 0.246 e. The van der Waals surface area contributed by atoms with Crippen LogP contribution in [0, 0.1) is 0 Å². The summed E-state index contributed by atoms with van der Waals surface area (Å²) in [5, 5.41) is 3.67. The average molecular weight is 507 g/mol. The monoisotopic (exact) mass is 506 g/mol. The summed E-state index contributed by atoms with van der Waals surface area (Å²) in [5.74, 6) is 0. The molecule has 38 heavy (non-hydrogen) atoms. The van der Waals surface area contributed by atoms with Crippen molar-refractivity contribution in [3.8, 4) is 22.3 Å². The number of nitrogens with zero attached hydrogens (tertiary/aromatic N) is 2. The van der Waals surface area contributed by atoms with Gasteiger partial charge in [-0.05, 0) is 64.6 Å². The van der Waals surface area contributed by atoms with Crippen LogP contribution >= 0.6 is 11.3 Å². The third-order valence-corrected chi connectivity index (χ3v) is 8.80. The Kier molecular flexibility index (Phi) is 4.67. The number of rotatable bonds is 3. The molecule has 0 saturated heterocycles. The highest BCUT2D eigenvalue weighted by atomic mass is 32.1. The third-order valence-electron chi connectivity index (χ3n) is 7.47. The molecule has 4 heteroatoms. The van der Waals surface area contributed by atoms with Gasteiger partial charge in [0.25, 0.3) is 0 Å². The molecule has 3 nitrogen and oxygen atoms in total. The average Bonchev–Trinajstić information content (AvgIpc) is 3.53. The molecule has 0 amide bonds. The van der Waals surface area contributed by atoms with Crippen LogP contribution in [-0.2, 0) is 6.42 Å². The number of hydrogen-bond acceptors (Lipinski definition) is 4. The van der Waals surface area contributed by atoms with Gasteiger partial charge in [-0.1, -0.05) is 79.7 Å². The fourth-order valence-electron chi connectivity index (χ4n) is 5.57. The van der Waals surface area contributed by atoms with Crippen LogP contribution in [0.15, 0.2) is 108 Å². The summed E-state index contributed by atoms with van der Waals surface area (Å²) in [6.07, 6.45) is 1.04. The molecule has 0 radical (unpaired) electrons. The summed E-state index contributed by atoms with van der Waals surface area (Å²) in [6.45, 7) is 2.23. The molecule has 0 N–H and O–H groups in total. The second-order valence-electron chi connectivity index (χ2n) is 9.69. The van der Waals surface area contributed by atoms with Crippen molar-refractivity contribution in [2.24, 2.45) is 0 Å². The predicted octanol–water partition coefficient (Wildman–Crippen LogP) is 9.79. The highest BCUT2D eigenvalue weighted by molar-refractivity contribution is 7.26. The van der Waals surface area contributed by atoms with E-state index in [9.17, 15) is 0 Å². The van der Waals surface area contributed by atoms with Crippen molar-refractivity contribution in [2.45, 2.75) is 13.3 Å². The molecule has 0 saturated carbocycles. The Bertz CT molecular complexity index is 2190. The van der Waals surface area contributed by atoms with E-state index in [2.05, 4.69) is 79.7 Å². The minimum atomic E-state index is 0.576. The zero-order valence-corrected chi connectivity index (χ0v) is 21.5. The van der Waals surface area contributed by atoms with Crippen LogP contribution in [-0.4, -0.2) is 9.97 Å². The van der Waals surface area contributed by atoms with Gasteiger partial charge in [0.1, 0.15) is 11.1 Å². The summed E-state index contributed by atoms with van der Waals surface area (Å²) in [5.41, 5.74) is 10.1. The van der Waals surface area contributed by atoms with E-state index in [4.69, 9.17) is 14.4 Å². The summed E-state index contributed by atoms with van der Waals surface area (Å²) < 4.78 is 8.82. The highest BCUT2D eigenvalue weighted by Crippen LogP contribution is 2.42. The minimum absolute atomic E-state index is 0.576. The van der Waals surface area contributed by atoms with Gasteiger partial charge < -0.3 is 4.42 Å². The second-order valence-corrected chi connectivity index (χ2v) is 10.7. The number of fused-ring (bicyclic) bond motifs is 7. The third kappa shape index (κ3) is 3.20. The molecule has 0 aliphatic heterocycles. The first-order chi connectivity index (χ1) is 18.8. The Morgan fingerprint density at radius 1 is 0.632 bits per heavy atom. The Labute approximate surface area is 223 Å². The van der Waals surface area contributed by atoms with Crippen molar-refractivity contribution in [1.82, 2.24) is 9.97 Å². The molecule has 8 aromatic rings. The second kappa shape index (κ2) is 8.23. The van der Waals surface area contributed by atoms with Crippen LogP contribution in [0.2, 0.25) is 0 Å². The molecule has 0 aliphatic rings. The van der Waals surface area contributed by atoms with Crippen LogP contribution in [0.5, 0.6) is 0 Å². The van der Waals surface area contributed by atoms with Gasteiger partial charge in [-0.25, -0.2) is 9.97 Å². The SMILES string of the molecule is CCc1cccc2c1sc1c(-c3cccc(-c4ccc5oc6nc7ccccc7nc6c5c4)c3)cccc12. The number of hydrogen-bond donors (Lipinski definition) is 0. The van der Waals surface area contributed by atoms with Crippen molar-refractivity contribution in [3.63, 3.8) is 0 Å². The van der Waals surface area contributed by atoms with Gasteiger partial charge in [0, 0.05) is 25.6 Å². The molecule has 0 spiro atoms. The fourth-order valence-corrected chi connectivity index (χ4v) is 6.99. The Morgan fingerprint density at radius 2 is 1.37 bits per heavy atom. The van der Waals surface area contributed by atoms with Crippen molar-refractivity contribution in [2.75, 3.05) is 0 Å². The quantitative estimate of drug-likeness (QED) is 0.239. The standard InChI is InChI=1S/C34H22N2OS/c1-2-20-8-6-12-25-26-13-7-11-24(33(26)38-32(20)25)23-10-5-9-21(18-23)22-16-17-30-27(19-22)31-34(37-30)36-29-15-4-3-14-28(29)35-31/h3-19H,2H2,1H3. The van der Waals surface area contributed by atoms with Crippen molar-refractivity contribution >= 4 is 64.7 Å². The molecule has 0 unspecified atom stereocenters. The molecule has 0 fully saturated rings. The van der Waals surface area contributed by atoms with Crippen LogP contribution in [0.25, 0.3) is 75.7 Å². The summed E-state index contributed by atoms with van der Waals surface area (Å²) in [7, 11) is 0. The van der Waals surface area contributed by atoms with Crippen LogP contribution in [0.4, 0.5) is 0 Å². The lowest BCUT2D eigenvalue weighted by atomic mass is 9.97. The first-order valence-electron chi connectivity index (χ1n) is 12.9. The Hall–Kier alpha value is -4.54. The molecular weight excluding hydrogens is 484 g/mol. The molecule has 3 heterocycles. The molecule has 5 aromatic carbocycles. The largest absolute Gasteiger partial charge is 0.436 e. The van der Waals surface area contributed by atoms with Crippen molar-refractivity contribution < 1.29 is 4.42 Å². The zero-order chi connectivity index (χ0) is 25.2. The summed E-state index contributed by atoms with van der Waals surface area (Å²) in [6, 6.07) is 36.5. The lowest BCUT2D eigenvalue weighted by Gasteiger charge is -2.08. The smallest absolute Gasteiger partial charge is 0.246 e. The van der Waals surface area contributed by atoms with E-state index in [1.54, 1.807) is 0 Å². The van der Waals surface area contributed by atoms with E-state index in [0.29, 0.717) is 5.71 Å². The van der Waals surface area contributed by atoms with Gasteiger partial charge in [0.05, 0.1) is 11.0 Å². The van der Waals surface area contributed by atoms with Gasteiger partial charge in [0.15, 0.2) is 0 Å². The van der Waals surface area contributed by atoms with E-state index < -0.39 is 0 Å². The van der Waals surface area contributed by atoms with E-state index in [-0.39, 0.29) is 0 Å². The Morgan fingerprint density at radius 3 is 2.24 bits per heavy atom.